The summed E-state index contributed by atoms with van der Waals surface area (Å²) in [5, 5.41) is 3.58. The van der Waals surface area contributed by atoms with Crippen molar-refractivity contribution >= 4 is 5.82 Å². The minimum absolute atomic E-state index is 0.610. The Kier molecular flexibility index (Phi) is 3.48. The second-order valence-electron chi connectivity index (χ2n) is 6.32. The number of anilines is 1. The minimum atomic E-state index is 0.610. The summed E-state index contributed by atoms with van der Waals surface area (Å²) in [6, 6.07) is 5.83. The molecule has 2 aliphatic rings. The summed E-state index contributed by atoms with van der Waals surface area (Å²) in [6.07, 6.45) is 5.45. The van der Waals surface area contributed by atoms with Crippen LogP contribution < -0.4 is 10.2 Å². The number of pyridine rings is 1. The van der Waals surface area contributed by atoms with Gasteiger partial charge in [-0.1, -0.05) is 0 Å². The topological polar surface area (TPSA) is 28.2 Å². The van der Waals surface area contributed by atoms with Crippen molar-refractivity contribution in [2.24, 2.45) is 5.92 Å². The summed E-state index contributed by atoms with van der Waals surface area (Å²) in [5.74, 6) is 2.01. The zero-order valence-corrected chi connectivity index (χ0v) is 12.3. The lowest BCUT2D eigenvalue weighted by Gasteiger charge is -2.26. The van der Waals surface area contributed by atoms with Crippen molar-refractivity contribution in [3.63, 3.8) is 0 Å². The Hall–Kier alpha value is -1.09. The van der Waals surface area contributed by atoms with Crippen LogP contribution in [-0.2, 0) is 6.54 Å². The molecule has 0 bridgehead atoms. The first-order valence-electron chi connectivity index (χ1n) is 7.57. The molecular weight excluding hydrogens is 234 g/mol. The molecule has 0 aromatic carbocycles. The first-order chi connectivity index (χ1) is 9.13. The summed E-state index contributed by atoms with van der Waals surface area (Å²) in [5.41, 5.74) is 2.49. The summed E-state index contributed by atoms with van der Waals surface area (Å²) >= 11 is 0. The van der Waals surface area contributed by atoms with Gasteiger partial charge in [-0.15, -0.1) is 0 Å². The van der Waals surface area contributed by atoms with Crippen LogP contribution in [0.3, 0.4) is 0 Å². The Labute approximate surface area is 116 Å². The molecule has 3 rings (SSSR count). The molecule has 1 aromatic heterocycles. The maximum atomic E-state index is 4.71. The van der Waals surface area contributed by atoms with E-state index >= 15 is 0 Å². The molecule has 1 heterocycles. The van der Waals surface area contributed by atoms with Crippen molar-refractivity contribution in [3.05, 3.63) is 23.4 Å². The van der Waals surface area contributed by atoms with Crippen LogP contribution in [0.2, 0.25) is 0 Å². The molecular formula is C16H25N3. The fourth-order valence-corrected chi connectivity index (χ4v) is 2.66. The molecule has 1 atom stereocenters. The van der Waals surface area contributed by atoms with E-state index in [-0.39, 0.29) is 0 Å². The van der Waals surface area contributed by atoms with Gasteiger partial charge < -0.3 is 10.2 Å². The van der Waals surface area contributed by atoms with Gasteiger partial charge in [0.2, 0.25) is 0 Å². The highest BCUT2D eigenvalue weighted by atomic mass is 15.2. The van der Waals surface area contributed by atoms with Gasteiger partial charge in [0.15, 0.2) is 0 Å². The Morgan fingerprint density at radius 1 is 1.32 bits per heavy atom. The highest BCUT2D eigenvalue weighted by Gasteiger charge is 2.31. The molecule has 3 nitrogen and oxygen atoms in total. The molecule has 1 N–H and O–H groups in total. The van der Waals surface area contributed by atoms with E-state index in [0.29, 0.717) is 6.04 Å². The van der Waals surface area contributed by atoms with E-state index < -0.39 is 0 Å². The average Bonchev–Trinajstić information content (AvgIpc) is 3.27. The third-order valence-corrected chi connectivity index (χ3v) is 4.45. The quantitative estimate of drug-likeness (QED) is 0.851. The first kappa shape index (κ1) is 12.9. The highest BCUT2D eigenvalue weighted by Crippen LogP contribution is 2.36. The summed E-state index contributed by atoms with van der Waals surface area (Å²) in [4.78, 5) is 7.06. The van der Waals surface area contributed by atoms with Crippen molar-refractivity contribution in [3.8, 4) is 0 Å². The van der Waals surface area contributed by atoms with E-state index in [1.54, 1.807) is 0 Å². The van der Waals surface area contributed by atoms with Crippen molar-refractivity contribution in [1.29, 1.82) is 0 Å². The van der Waals surface area contributed by atoms with Crippen molar-refractivity contribution < 1.29 is 0 Å². The van der Waals surface area contributed by atoms with Crippen LogP contribution in [0, 0.1) is 12.8 Å². The SMILES string of the molecule is Cc1cc(CNC2CC2)cc(N(C)C(C)C2CC2)n1. The minimum Gasteiger partial charge on any atom is -0.357 e. The first-order valence-corrected chi connectivity index (χ1v) is 7.57. The molecule has 1 unspecified atom stereocenters. The lowest BCUT2D eigenvalue weighted by atomic mass is 10.1. The maximum absolute atomic E-state index is 4.71. The van der Waals surface area contributed by atoms with E-state index in [2.05, 4.69) is 43.2 Å². The fourth-order valence-electron chi connectivity index (χ4n) is 2.66. The molecule has 2 saturated carbocycles. The Bertz CT molecular complexity index is 449. The Morgan fingerprint density at radius 2 is 2.05 bits per heavy atom. The van der Waals surface area contributed by atoms with Crippen LogP contribution in [0.4, 0.5) is 5.82 Å². The zero-order chi connectivity index (χ0) is 13.4. The van der Waals surface area contributed by atoms with E-state index in [0.717, 1.165) is 30.0 Å². The predicted octanol–water partition coefficient (Wildman–Crippen LogP) is 2.88. The van der Waals surface area contributed by atoms with Crippen LogP contribution in [0.15, 0.2) is 12.1 Å². The second-order valence-corrected chi connectivity index (χ2v) is 6.32. The zero-order valence-electron chi connectivity index (χ0n) is 12.3. The van der Waals surface area contributed by atoms with Gasteiger partial charge in [-0.25, -0.2) is 4.98 Å². The molecule has 0 amide bonds. The molecule has 3 heteroatoms. The number of hydrogen-bond donors (Lipinski definition) is 1. The van der Waals surface area contributed by atoms with Gasteiger partial charge >= 0.3 is 0 Å². The maximum Gasteiger partial charge on any atom is 0.129 e. The van der Waals surface area contributed by atoms with Crippen LogP contribution >= 0.6 is 0 Å². The van der Waals surface area contributed by atoms with Crippen molar-refractivity contribution in [2.75, 3.05) is 11.9 Å². The van der Waals surface area contributed by atoms with Gasteiger partial charge in [-0.2, -0.15) is 0 Å². The van der Waals surface area contributed by atoms with Gasteiger partial charge in [0.25, 0.3) is 0 Å². The van der Waals surface area contributed by atoms with Gasteiger partial charge in [-0.05, 0) is 63.1 Å². The van der Waals surface area contributed by atoms with Gasteiger partial charge in [0, 0.05) is 31.4 Å². The molecule has 2 fully saturated rings. The molecule has 0 saturated heterocycles. The van der Waals surface area contributed by atoms with Gasteiger partial charge in [-0.3, -0.25) is 0 Å². The van der Waals surface area contributed by atoms with Gasteiger partial charge in [0.1, 0.15) is 5.82 Å². The molecule has 0 radical (unpaired) electrons. The standard InChI is InChI=1S/C16H25N3/c1-11-8-13(10-17-15-6-7-15)9-16(18-11)19(3)12(2)14-4-5-14/h8-9,12,14-15,17H,4-7,10H2,1-3H3. The monoisotopic (exact) mass is 259 g/mol. The number of nitrogens with one attached hydrogen (secondary N) is 1. The smallest absolute Gasteiger partial charge is 0.129 e. The van der Waals surface area contributed by atoms with E-state index in [9.17, 15) is 0 Å². The largest absolute Gasteiger partial charge is 0.357 e. The number of hydrogen-bond acceptors (Lipinski definition) is 3. The molecule has 0 spiro atoms. The van der Waals surface area contributed by atoms with Crippen molar-refractivity contribution in [2.45, 2.75) is 58.2 Å². The van der Waals surface area contributed by atoms with E-state index in [4.69, 9.17) is 4.98 Å². The summed E-state index contributed by atoms with van der Waals surface area (Å²) in [6.45, 7) is 5.40. The molecule has 104 valence electrons. The molecule has 2 aliphatic carbocycles. The van der Waals surface area contributed by atoms with E-state index in [1.807, 2.05) is 0 Å². The molecule has 1 aromatic rings. The normalized spacial score (nSPS) is 20.4. The average molecular weight is 259 g/mol. The predicted molar refractivity (Wildman–Crippen MR) is 79.4 cm³/mol. The van der Waals surface area contributed by atoms with Crippen LogP contribution in [-0.4, -0.2) is 24.1 Å². The third kappa shape index (κ3) is 3.27. The highest BCUT2D eigenvalue weighted by molar-refractivity contribution is 5.43. The fraction of sp³-hybridized carbons (Fsp3) is 0.688. The lowest BCUT2D eigenvalue weighted by Crippen LogP contribution is -2.31. The number of aromatic nitrogens is 1. The van der Waals surface area contributed by atoms with Crippen molar-refractivity contribution in [1.82, 2.24) is 10.3 Å². The number of aryl methyl sites for hydroxylation is 1. The number of rotatable bonds is 6. The van der Waals surface area contributed by atoms with Gasteiger partial charge in [0.05, 0.1) is 0 Å². The van der Waals surface area contributed by atoms with Crippen LogP contribution in [0.1, 0.15) is 43.9 Å². The van der Waals surface area contributed by atoms with Crippen LogP contribution in [0.5, 0.6) is 0 Å². The van der Waals surface area contributed by atoms with Crippen LogP contribution in [0.25, 0.3) is 0 Å². The molecule has 0 aliphatic heterocycles. The summed E-state index contributed by atoms with van der Waals surface area (Å²) < 4.78 is 0. The number of nitrogens with zero attached hydrogens (tertiary/aromatic N) is 2. The Morgan fingerprint density at radius 3 is 2.68 bits per heavy atom. The molecule has 19 heavy (non-hydrogen) atoms. The summed E-state index contributed by atoms with van der Waals surface area (Å²) in [7, 11) is 2.18. The lowest BCUT2D eigenvalue weighted by molar-refractivity contribution is 0.602. The van der Waals surface area contributed by atoms with E-state index in [1.165, 1.54) is 31.2 Å². The third-order valence-electron chi connectivity index (χ3n) is 4.45. The second kappa shape index (κ2) is 5.12. The Balaban J connectivity index is 1.71.